The fourth-order valence-electron chi connectivity index (χ4n) is 8.69. The van der Waals surface area contributed by atoms with Gasteiger partial charge < -0.3 is 35.3 Å². The van der Waals surface area contributed by atoms with E-state index in [-0.39, 0.29) is 64.6 Å². The van der Waals surface area contributed by atoms with E-state index in [2.05, 4.69) is 16.0 Å². The van der Waals surface area contributed by atoms with Crippen molar-refractivity contribution in [2.75, 3.05) is 57.2 Å². The average Bonchev–Trinajstić information content (AvgIpc) is 3.81. The number of aromatic carboxylic acids is 1. The first-order valence-corrected chi connectivity index (χ1v) is 24.6. The molecule has 4 N–H and O–H groups in total. The van der Waals surface area contributed by atoms with Gasteiger partial charge in [0.2, 0.25) is 15.9 Å². The number of piperidine rings is 1. The number of carboxylic acid groups (broad SMARTS) is 1. The second kappa shape index (κ2) is 21.6. The van der Waals surface area contributed by atoms with E-state index in [1.54, 1.807) is 36.4 Å². The minimum atomic E-state index is -3.61. The zero-order valence-corrected chi connectivity index (χ0v) is 39.0. The molecular formula is C48H52ClN5O10S2. The van der Waals surface area contributed by atoms with E-state index in [0.29, 0.717) is 78.2 Å². The second-order valence-corrected chi connectivity index (χ2v) is 19.6. The van der Waals surface area contributed by atoms with Crippen LogP contribution in [0.1, 0.15) is 75.6 Å². The van der Waals surface area contributed by atoms with E-state index in [0.717, 1.165) is 52.6 Å². The Bertz CT molecular complexity index is 2700. The van der Waals surface area contributed by atoms with Crippen LogP contribution >= 0.6 is 22.9 Å². The van der Waals surface area contributed by atoms with Gasteiger partial charge in [-0.2, -0.15) is 0 Å². The molecule has 66 heavy (non-hydrogen) atoms. The number of carbonyl (C=O) groups is 5. The van der Waals surface area contributed by atoms with Gasteiger partial charge in [-0.3, -0.25) is 19.3 Å². The Hall–Kier alpha value is -5.85. The van der Waals surface area contributed by atoms with Crippen molar-refractivity contribution in [3.8, 4) is 21.9 Å². The molecule has 1 aromatic heterocycles. The Morgan fingerprint density at radius 1 is 0.970 bits per heavy atom. The quantitative estimate of drug-likeness (QED) is 0.0484. The first kappa shape index (κ1) is 48.1. The SMILES string of the molecule is CNCCC(CCOc1ccc(CS(=O)(=O)N2CCC(Nc3cccc(-c4sc(C(=O)O)c(OCC=O)c4Cl)c3)CC2)cc1)c1ccc2c3c(cccc13)C(=O)N2C(C=O)CCC(=O)NC. The first-order chi connectivity index (χ1) is 31.9. The number of aldehydes is 2. The monoisotopic (exact) mass is 957 g/mol. The van der Waals surface area contributed by atoms with Crippen LogP contribution in [-0.2, 0) is 30.2 Å². The molecular weight excluding hydrogens is 906 g/mol. The second-order valence-electron chi connectivity index (χ2n) is 16.2. The maximum atomic E-state index is 13.7. The number of carbonyl (C=O) groups excluding carboxylic acids is 4. The number of nitrogens with zero attached hydrogens (tertiary/aromatic N) is 2. The van der Waals surface area contributed by atoms with Crippen molar-refractivity contribution in [3.63, 3.8) is 0 Å². The van der Waals surface area contributed by atoms with Crippen molar-refractivity contribution >= 4 is 85.5 Å². The Morgan fingerprint density at radius 2 is 1.73 bits per heavy atom. The average molecular weight is 959 g/mol. The van der Waals surface area contributed by atoms with E-state index in [4.69, 9.17) is 21.1 Å². The van der Waals surface area contributed by atoms with Crippen LogP contribution in [-0.4, -0.2) is 107 Å². The zero-order chi connectivity index (χ0) is 47.0. The molecule has 0 spiro atoms. The number of rotatable bonds is 23. The molecule has 2 aliphatic heterocycles. The lowest BCUT2D eigenvalue weighted by molar-refractivity contribution is -0.120. The molecule has 18 heteroatoms. The number of halogens is 1. The fourth-order valence-corrected chi connectivity index (χ4v) is 11.7. The Kier molecular flexibility index (Phi) is 15.8. The number of hydrogen-bond donors (Lipinski definition) is 4. The van der Waals surface area contributed by atoms with Gasteiger partial charge in [0, 0.05) is 49.2 Å². The van der Waals surface area contributed by atoms with Crippen LogP contribution in [0.4, 0.5) is 11.4 Å². The van der Waals surface area contributed by atoms with Gasteiger partial charge >= 0.3 is 5.97 Å². The Labute approximate surface area is 392 Å². The van der Waals surface area contributed by atoms with E-state index >= 15 is 0 Å². The van der Waals surface area contributed by atoms with Gasteiger partial charge in [0.05, 0.1) is 29.0 Å². The Morgan fingerprint density at radius 3 is 2.42 bits per heavy atom. The molecule has 2 unspecified atom stereocenters. The molecule has 2 atom stereocenters. The predicted octanol–water partition coefficient (Wildman–Crippen LogP) is 7.12. The van der Waals surface area contributed by atoms with Gasteiger partial charge in [0.1, 0.15) is 23.7 Å². The number of thiophene rings is 1. The minimum Gasteiger partial charge on any atom is -0.494 e. The van der Waals surface area contributed by atoms with Crippen molar-refractivity contribution in [1.29, 1.82) is 0 Å². The third kappa shape index (κ3) is 10.7. The molecule has 2 amide bonds. The molecule has 0 radical (unpaired) electrons. The highest BCUT2D eigenvalue weighted by atomic mass is 35.5. The summed E-state index contributed by atoms with van der Waals surface area (Å²) < 4.78 is 40.2. The highest BCUT2D eigenvalue weighted by Gasteiger charge is 2.36. The maximum Gasteiger partial charge on any atom is 0.349 e. The largest absolute Gasteiger partial charge is 0.494 e. The fraction of sp³-hybridized carbons (Fsp3) is 0.354. The highest BCUT2D eigenvalue weighted by Crippen LogP contribution is 2.46. The molecule has 0 aliphatic carbocycles. The molecule has 3 heterocycles. The molecule has 348 valence electrons. The van der Waals surface area contributed by atoms with Crippen LogP contribution in [0, 0.1) is 0 Å². The minimum absolute atomic E-state index is 0.000630. The summed E-state index contributed by atoms with van der Waals surface area (Å²) in [5.41, 5.74) is 4.36. The number of amides is 2. The zero-order valence-electron chi connectivity index (χ0n) is 36.6. The maximum absolute atomic E-state index is 13.7. The van der Waals surface area contributed by atoms with Crippen molar-refractivity contribution in [2.24, 2.45) is 0 Å². The summed E-state index contributed by atoms with van der Waals surface area (Å²) in [6, 6.07) is 23.3. The molecule has 0 saturated carbocycles. The van der Waals surface area contributed by atoms with Crippen molar-refractivity contribution < 1.29 is 47.0 Å². The summed E-state index contributed by atoms with van der Waals surface area (Å²) in [4.78, 5) is 62.5. The lowest BCUT2D eigenvalue weighted by atomic mass is 9.87. The summed E-state index contributed by atoms with van der Waals surface area (Å²) in [5.74, 6) is -1.17. The summed E-state index contributed by atoms with van der Waals surface area (Å²) in [6.07, 6.45) is 4.22. The van der Waals surface area contributed by atoms with E-state index in [1.807, 2.05) is 49.5 Å². The number of sulfonamides is 1. The van der Waals surface area contributed by atoms with Crippen LogP contribution in [0.25, 0.3) is 21.2 Å². The molecule has 15 nitrogen and oxygen atoms in total. The number of anilines is 2. The van der Waals surface area contributed by atoms with E-state index < -0.39 is 22.0 Å². The van der Waals surface area contributed by atoms with Crippen molar-refractivity contribution in [1.82, 2.24) is 14.9 Å². The van der Waals surface area contributed by atoms with Crippen LogP contribution in [0.15, 0.2) is 78.9 Å². The van der Waals surface area contributed by atoms with E-state index in [1.165, 1.54) is 16.3 Å². The summed E-state index contributed by atoms with van der Waals surface area (Å²) in [7, 11) is -0.172. The third-order valence-corrected chi connectivity index (χ3v) is 15.6. The molecule has 1 saturated heterocycles. The topological polar surface area (TPSA) is 201 Å². The van der Waals surface area contributed by atoms with Crippen LogP contribution < -0.4 is 30.3 Å². The van der Waals surface area contributed by atoms with Crippen molar-refractivity contribution in [3.05, 3.63) is 105 Å². The van der Waals surface area contributed by atoms with Crippen LogP contribution in [0.5, 0.6) is 11.5 Å². The molecule has 1 fully saturated rings. The van der Waals surface area contributed by atoms with Gasteiger partial charge in [-0.25, -0.2) is 17.5 Å². The smallest absolute Gasteiger partial charge is 0.349 e. The molecule has 7 rings (SSSR count). The van der Waals surface area contributed by atoms with Gasteiger partial charge in [-0.1, -0.05) is 54.1 Å². The van der Waals surface area contributed by atoms with Crippen molar-refractivity contribution in [2.45, 2.75) is 62.3 Å². The molecule has 2 aliphatic rings. The van der Waals surface area contributed by atoms with Gasteiger partial charge in [0.25, 0.3) is 5.91 Å². The van der Waals surface area contributed by atoms with Gasteiger partial charge in [-0.15, -0.1) is 11.3 Å². The first-order valence-electron chi connectivity index (χ1n) is 21.8. The number of nitrogens with one attached hydrogen (secondary N) is 3. The molecule has 0 bridgehead atoms. The standard InChI is InChI=1S/C48H52ClN5O10S2/c1-50-21-17-31(37-14-15-40-42-38(37)7-4-8-39(42)47(58)54(40)35(28-56)11-16-41(57)51-2)20-25-63-36-12-9-30(10-13-36)29-66(61,62)53-22-18-33(19-23-53)52-34-6-3-5-32(27-34)45-43(49)44(64-26-24-55)46(65-45)48(59)60/h3-10,12-15,24,27-28,31,33,35,50,52H,11,16-23,25-26,29H2,1-2H3,(H,51,57)(H,59,60). The number of carboxylic acids is 1. The lowest BCUT2D eigenvalue weighted by Gasteiger charge is -2.32. The third-order valence-electron chi connectivity index (χ3n) is 12.0. The lowest BCUT2D eigenvalue weighted by Crippen LogP contribution is -2.42. The number of hydrogen-bond acceptors (Lipinski definition) is 12. The summed E-state index contributed by atoms with van der Waals surface area (Å²) in [6.45, 7) is 1.51. The van der Waals surface area contributed by atoms with Crippen LogP contribution in [0.3, 0.4) is 0 Å². The van der Waals surface area contributed by atoms with Crippen LogP contribution in [0.2, 0.25) is 5.02 Å². The van der Waals surface area contributed by atoms with Gasteiger partial charge in [0.15, 0.2) is 16.9 Å². The highest BCUT2D eigenvalue weighted by molar-refractivity contribution is 7.88. The summed E-state index contributed by atoms with van der Waals surface area (Å²) >= 11 is 7.49. The molecule has 5 aromatic rings. The molecule has 4 aromatic carbocycles. The Balaban J connectivity index is 0.935. The van der Waals surface area contributed by atoms with Gasteiger partial charge in [-0.05, 0) is 110 Å². The predicted molar refractivity (Wildman–Crippen MR) is 256 cm³/mol. The normalized spacial score (nSPS) is 15.1. The summed E-state index contributed by atoms with van der Waals surface area (Å²) in [5, 5.41) is 20.8. The number of ether oxygens (including phenoxy) is 2. The number of benzene rings is 4. The van der Waals surface area contributed by atoms with E-state index in [9.17, 15) is 37.5 Å².